The Labute approximate surface area is 119 Å². The van der Waals surface area contributed by atoms with Crippen molar-refractivity contribution < 1.29 is 18.3 Å². The molecule has 0 bridgehead atoms. The zero-order chi connectivity index (χ0) is 14.2. The van der Waals surface area contributed by atoms with E-state index in [1.54, 1.807) is 14.2 Å². The number of unbranched alkanes of at least 4 members (excludes halogenated alkanes) is 1. The first kappa shape index (κ1) is 17.1. The lowest BCUT2D eigenvalue weighted by Crippen LogP contribution is -2.46. The van der Waals surface area contributed by atoms with Crippen molar-refractivity contribution >= 4 is 8.56 Å². The lowest BCUT2D eigenvalue weighted by atomic mass is 9.82. The molecule has 0 aliphatic carbocycles. The monoisotopic (exact) mass is 290 g/mol. The molecule has 0 atom stereocenters. The second-order valence-electron chi connectivity index (χ2n) is 5.79. The van der Waals surface area contributed by atoms with Crippen LogP contribution in [0, 0.1) is 5.41 Å². The molecule has 0 aromatic heterocycles. The molecule has 0 aromatic carbocycles. The molecule has 1 heterocycles. The van der Waals surface area contributed by atoms with Crippen LogP contribution >= 0.6 is 0 Å². The molecule has 0 unspecified atom stereocenters. The van der Waals surface area contributed by atoms with Crippen molar-refractivity contribution in [1.29, 1.82) is 0 Å². The molecule has 0 radical (unpaired) electrons. The van der Waals surface area contributed by atoms with Gasteiger partial charge >= 0.3 is 8.56 Å². The molecular weight excluding hydrogens is 260 g/mol. The van der Waals surface area contributed by atoms with Gasteiger partial charge in [0.05, 0.1) is 19.8 Å². The number of ether oxygens (including phenoxy) is 2. The molecule has 0 spiro atoms. The molecule has 1 saturated heterocycles. The third kappa shape index (κ3) is 5.51. The summed E-state index contributed by atoms with van der Waals surface area (Å²) in [6, 6.07) is 0.985. The topological polar surface area (TPSA) is 36.9 Å². The fraction of sp³-hybridized carbons (Fsp3) is 1.00. The van der Waals surface area contributed by atoms with Crippen LogP contribution in [0.15, 0.2) is 0 Å². The van der Waals surface area contributed by atoms with Gasteiger partial charge in [-0.2, -0.15) is 0 Å². The quantitative estimate of drug-likeness (QED) is 0.433. The lowest BCUT2D eigenvalue weighted by molar-refractivity contribution is -0.153. The second-order valence-corrected chi connectivity index (χ2v) is 9.38. The normalized spacial score (nSPS) is 18.3. The number of hydrogen-bond donors (Lipinski definition) is 0. The fourth-order valence-corrected chi connectivity index (χ4v) is 3.68. The summed E-state index contributed by atoms with van der Waals surface area (Å²) in [6.45, 7) is 7.70. The Bertz CT molecular complexity index is 240. The predicted molar refractivity (Wildman–Crippen MR) is 78.7 cm³/mol. The third-order valence-electron chi connectivity index (χ3n) is 4.07. The molecule has 0 aromatic rings. The highest BCUT2D eigenvalue weighted by Gasteiger charge is 2.38. The van der Waals surface area contributed by atoms with Gasteiger partial charge in [0.2, 0.25) is 0 Å². The molecular formula is C14H30O4Si. The van der Waals surface area contributed by atoms with Crippen LogP contribution in [-0.2, 0) is 18.3 Å². The Morgan fingerprint density at radius 2 is 1.84 bits per heavy atom. The molecule has 1 aliphatic heterocycles. The van der Waals surface area contributed by atoms with Gasteiger partial charge in [0.25, 0.3) is 0 Å². The SMILES string of the molecule is CCCCC1(COCCC[Si](C)(OC)OC)COC1. The zero-order valence-electron chi connectivity index (χ0n) is 13.0. The van der Waals surface area contributed by atoms with E-state index in [4.69, 9.17) is 18.3 Å². The van der Waals surface area contributed by atoms with Crippen LogP contribution in [0.2, 0.25) is 12.6 Å². The van der Waals surface area contributed by atoms with Gasteiger partial charge in [-0.3, -0.25) is 0 Å². The lowest BCUT2D eigenvalue weighted by Gasteiger charge is -2.41. The maximum absolute atomic E-state index is 5.85. The summed E-state index contributed by atoms with van der Waals surface area (Å²) < 4.78 is 22.1. The minimum absolute atomic E-state index is 0.305. The summed E-state index contributed by atoms with van der Waals surface area (Å²) in [5, 5.41) is 0. The van der Waals surface area contributed by atoms with E-state index >= 15 is 0 Å². The average molecular weight is 290 g/mol. The van der Waals surface area contributed by atoms with Gasteiger partial charge in [-0.25, -0.2) is 0 Å². The van der Waals surface area contributed by atoms with Crippen LogP contribution in [0.3, 0.4) is 0 Å². The van der Waals surface area contributed by atoms with Gasteiger partial charge in [0.1, 0.15) is 0 Å². The highest BCUT2D eigenvalue weighted by Crippen LogP contribution is 2.33. The van der Waals surface area contributed by atoms with E-state index in [1.165, 1.54) is 19.3 Å². The number of hydrogen-bond acceptors (Lipinski definition) is 4. The van der Waals surface area contributed by atoms with Crippen LogP contribution in [0.4, 0.5) is 0 Å². The molecule has 114 valence electrons. The Morgan fingerprint density at radius 3 is 2.32 bits per heavy atom. The molecule has 19 heavy (non-hydrogen) atoms. The summed E-state index contributed by atoms with van der Waals surface area (Å²) >= 11 is 0. The smallest absolute Gasteiger partial charge is 0.334 e. The molecule has 5 heteroatoms. The fourth-order valence-electron chi connectivity index (χ4n) is 2.31. The summed E-state index contributed by atoms with van der Waals surface area (Å²) in [5.74, 6) is 0. The van der Waals surface area contributed by atoms with Crippen molar-refractivity contribution in [3.05, 3.63) is 0 Å². The van der Waals surface area contributed by atoms with Crippen LogP contribution in [0.25, 0.3) is 0 Å². The molecule has 1 rings (SSSR count). The van der Waals surface area contributed by atoms with E-state index < -0.39 is 8.56 Å². The molecule has 1 fully saturated rings. The van der Waals surface area contributed by atoms with E-state index in [0.717, 1.165) is 38.9 Å². The average Bonchev–Trinajstić information content (AvgIpc) is 2.39. The summed E-state index contributed by atoms with van der Waals surface area (Å²) in [7, 11) is 1.56. The van der Waals surface area contributed by atoms with Crippen molar-refractivity contribution in [1.82, 2.24) is 0 Å². The highest BCUT2D eigenvalue weighted by atomic mass is 28.4. The van der Waals surface area contributed by atoms with Crippen molar-refractivity contribution in [2.75, 3.05) is 40.6 Å². The van der Waals surface area contributed by atoms with E-state index in [9.17, 15) is 0 Å². The Morgan fingerprint density at radius 1 is 1.16 bits per heavy atom. The Hall–Kier alpha value is 0.0569. The summed E-state index contributed by atoms with van der Waals surface area (Å²) in [6.07, 6.45) is 4.75. The molecule has 4 nitrogen and oxygen atoms in total. The molecule has 0 saturated carbocycles. The van der Waals surface area contributed by atoms with E-state index in [-0.39, 0.29) is 0 Å². The van der Waals surface area contributed by atoms with Crippen molar-refractivity contribution in [3.63, 3.8) is 0 Å². The predicted octanol–water partition coefficient (Wildman–Crippen LogP) is 2.96. The highest BCUT2D eigenvalue weighted by molar-refractivity contribution is 6.65. The van der Waals surface area contributed by atoms with Gasteiger partial charge in [-0.05, 0) is 25.4 Å². The van der Waals surface area contributed by atoms with E-state index in [1.807, 2.05) is 0 Å². The van der Waals surface area contributed by atoms with Crippen LogP contribution in [-0.4, -0.2) is 49.2 Å². The largest absolute Gasteiger partial charge is 0.398 e. The summed E-state index contributed by atoms with van der Waals surface area (Å²) in [5.41, 5.74) is 0.305. The van der Waals surface area contributed by atoms with E-state index in [2.05, 4.69) is 13.5 Å². The van der Waals surface area contributed by atoms with Crippen molar-refractivity contribution in [3.8, 4) is 0 Å². The van der Waals surface area contributed by atoms with Gasteiger partial charge in [-0.15, -0.1) is 0 Å². The minimum Gasteiger partial charge on any atom is -0.398 e. The maximum Gasteiger partial charge on any atom is 0.334 e. The minimum atomic E-state index is -1.91. The van der Waals surface area contributed by atoms with Gasteiger partial charge in [0, 0.05) is 26.2 Å². The maximum atomic E-state index is 5.85. The zero-order valence-corrected chi connectivity index (χ0v) is 14.0. The number of rotatable bonds is 11. The van der Waals surface area contributed by atoms with Crippen LogP contribution in [0.5, 0.6) is 0 Å². The Kier molecular flexibility index (Phi) is 7.53. The van der Waals surface area contributed by atoms with Crippen LogP contribution in [0.1, 0.15) is 32.6 Å². The first-order valence-corrected chi connectivity index (χ1v) is 9.88. The summed E-state index contributed by atoms with van der Waals surface area (Å²) in [4.78, 5) is 0. The Balaban J connectivity index is 2.12. The molecule has 1 aliphatic rings. The second kappa shape index (κ2) is 8.37. The first-order valence-electron chi connectivity index (χ1n) is 7.35. The van der Waals surface area contributed by atoms with Gasteiger partial charge in [0.15, 0.2) is 0 Å². The van der Waals surface area contributed by atoms with Gasteiger partial charge in [-0.1, -0.05) is 19.8 Å². The van der Waals surface area contributed by atoms with E-state index in [0.29, 0.717) is 5.41 Å². The van der Waals surface area contributed by atoms with Crippen molar-refractivity contribution in [2.45, 2.75) is 45.2 Å². The molecule has 0 N–H and O–H groups in total. The standard InChI is InChI=1S/C14H30O4Si/c1-5-6-8-14(12-18-13-14)11-17-9-7-10-19(4,15-2)16-3/h5-13H2,1-4H3. The van der Waals surface area contributed by atoms with Gasteiger partial charge < -0.3 is 18.3 Å². The first-order chi connectivity index (χ1) is 9.10. The third-order valence-corrected chi connectivity index (χ3v) is 7.06. The van der Waals surface area contributed by atoms with Crippen molar-refractivity contribution in [2.24, 2.45) is 5.41 Å². The molecule has 0 amide bonds. The van der Waals surface area contributed by atoms with Crippen LogP contribution < -0.4 is 0 Å².